The first-order valence-electron chi connectivity index (χ1n) is 22.6. The Morgan fingerprint density at radius 3 is 2.43 bits per heavy atom. The second kappa shape index (κ2) is 16.4. The molecule has 6 bridgehead atoms. The van der Waals surface area contributed by atoms with Crippen molar-refractivity contribution >= 4 is 33.2 Å². The van der Waals surface area contributed by atoms with Crippen molar-refractivity contribution in [3.63, 3.8) is 0 Å². The quantitative estimate of drug-likeness (QED) is 0.168. The van der Waals surface area contributed by atoms with Crippen LogP contribution >= 0.6 is 21.6 Å². The largest absolute Gasteiger partial charge is 0.511 e. The summed E-state index contributed by atoms with van der Waals surface area (Å²) < 4.78 is 12.6. The van der Waals surface area contributed by atoms with Crippen LogP contribution in [0, 0.1) is 27.6 Å². The molecule has 8 N–H and O–H groups in total. The number of aliphatic hydroxyl groups is 6. The number of benzene rings is 2. The van der Waals surface area contributed by atoms with Gasteiger partial charge < -0.3 is 50.7 Å². The van der Waals surface area contributed by atoms with Crippen molar-refractivity contribution in [1.29, 1.82) is 0 Å². The van der Waals surface area contributed by atoms with E-state index in [1.54, 1.807) is 24.3 Å². The second-order valence-electron chi connectivity index (χ2n) is 19.5. The van der Waals surface area contributed by atoms with Crippen molar-refractivity contribution in [2.24, 2.45) is 27.6 Å². The lowest BCUT2D eigenvalue weighted by Gasteiger charge is -2.52. The fraction of sp³-hybridized carbons (Fsp3) is 0.551. The van der Waals surface area contributed by atoms with Gasteiger partial charge in [0.15, 0.2) is 11.6 Å². The normalized spacial score (nSPS) is 37.2. The number of dihydropyridines is 1. The van der Waals surface area contributed by atoms with Crippen LogP contribution in [-0.2, 0) is 17.8 Å². The van der Waals surface area contributed by atoms with E-state index in [1.807, 2.05) is 24.3 Å². The van der Waals surface area contributed by atoms with Crippen LogP contribution in [0.1, 0.15) is 102 Å². The first-order chi connectivity index (χ1) is 30.4. The zero-order valence-corrected chi connectivity index (χ0v) is 37.0. The zero-order valence-electron chi connectivity index (χ0n) is 35.4. The van der Waals surface area contributed by atoms with Crippen molar-refractivity contribution in [3.8, 4) is 5.75 Å². The van der Waals surface area contributed by atoms with E-state index in [9.17, 15) is 35.4 Å². The van der Waals surface area contributed by atoms with E-state index < -0.39 is 59.3 Å². The number of hydrogen-bond donors (Lipinski definition) is 8. The number of rotatable bonds is 4. The van der Waals surface area contributed by atoms with Crippen LogP contribution in [0.25, 0.3) is 0 Å². The average molecular weight is 899 g/mol. The number of carbonyl (C=O) groups is 2. The third-order valence-corrected chi connectivity index (χ3v) is 18.6. The summed E-state index contributed by atoms with van der Waals surface area (Å²) in [6.07, 6.45) is 12.2. The molecule has 2 aromatic rings. The van der Waals surface area contributed by atoms with Crippen molar-refractivity contribution in [1.82, 2.24) is 10.6 Å². The number of aliphatic hydroxyl groups excluding tert-OH is 5. The topological polar surface area (TPSA) is 198 Å². The highest BCUT2D eigenvalue weighted by Crippen LogP contribution is 2.73. The molecule has 12 nitrogen and oxygen atoms in total. The van der Waals surface area contributed by atoms with Gasteiger partial charge in [-0.05, 0) is 115 Å². The Morgan fingerprint density at radius 1 is 0.841 bits per heavy atom. The number of allylic oxidation sites excluding steroid dienone is 6. The summed E-state index contributed by atoms with van der Waals surface area (Å²) in [7, 11) is 2.85. The van der Waals surface area contributed by atoms with Crippen molar-refractivity contribution in [2.75, 3.05) is 24.8 Å². The zero-order chi connectivity index (χ0) is 43.8. The number of ketones is 2. The molecule has 0 radical (unpaired) electrons. The number of ether oxygens (including phenoxy) is 2. The van der Waals surface area contributed by atoms with Crippen molar-refractivity contribution < 1.29 is 49.7 Å². The first kappa shape index (κ1) is 43.3. The molecule has 63 heavy (non-hydrogen) atoms. The van der Waals surface area contributed by atoms with E-state index in [1.165, 1.54) is 59.8 Å². The third kappa shape index (κ3) is 6.87. The van der Waals surface area contributed by atoms with Gasteiger partial charge in [0.1, 0.15) is 40.8 Å². The predicted octanol–water partition coefficient (Wildman–Crippen LogP) is 5.94. The van der Waals surface area contributed by atoms with Gasteiger partial charge in [0.05, 0.1) is 36.4 Å². The van der Waals surface area contributed by atoms with Crippen LogP contribution in [0.2, 0.25) is 0 Å². The van der Waals surface area contributed by atoms with E-state index in [0.29, 0.717) is 24.4 Å². The minimum absolute atomic E-state index is 0.0210. The summed E-state index contributed by atoms with van der Waals surface area (Å²) in [6.45, 7) is -0.283. The van der Waals surface area contributed by atoms with Crippen LogP contribution in [-0.4, -0.2) is 97.2 Å². The van der Waals surface area contributed by atoms with Gasteiger partial charge in [0, 0.05) is 17.9 Å². The molecule has 0 aromatic heterocycles. The van der Waals surface area contributed by atoms with E-state index in [0.717, 1.165) is 54.6 Å². The van der Waals surface area contributed by atoms with Crippen molar-refractivity contribution in [3.05, 3.63) is 112 Å². The molecule has 3 heterocycles. The van der Waals surface area contributed by atoms with Gasteiger partial charge in [-0.15, -0.1) is 0 Å². The SMILES string of the molecule is O=C1c2cccc3c2C(=O)[C@]2(CSSCNC4=CC(=CCN4)[C@@]4(CC[C@@]5(CCCC56CCCC6)C4)C[C@]4(O)[C@H](O)[C@@H](CO)O[C@@H](O3)[C@@H]4O)C(O)=CC(Cc3cccc(CO)c3)=C[C@H]12. The Kier molecular flexibility index (Phi) is 11.3. The molecule has 3 saturated carbocycles. The highest BCUT2D eigenvalue weighted by atomic mass is 33.1. The van der Waals surface area contributed by atoms with Gasteiger partial charge in [0.2, 0.25) is 6.29 Å². The Balaban J connectivity index is 1.06. The van der Waals surface area contributed by atoms with Crippen LogP contribution in [0.15, 0.2) is 89.5 Å². The molecule has 14 heteroatoms. The minimum atomic E-state index is -2.22. The molecule has 336 valence electrons. The lowest BCUT2D eigenvalue weighted by atomic mass is 9.59. The first-order valence-corrected chi connectivity index (χ1v) is 25.1. The highest BCUT2D eigenvalue weighted by Gasteiger charge is 2.66. The molecule has 4 spiro atoms. The molecule has 0 amide bonds. The van der Waals surface area contributed by atoms with Crippen LogP contribution in [0.4, 0.5) is 0 Å². The lowest BCUT2D eigenvalue weighted by Crippen LogP contribution is -2.69. The maximum absolute atomic E-state index is 15.3. The fourth-order valence-electron chi connectivity index (χ4n) is 13.4. The summed E-state index contributed by atoms with van der Waals surface area (Å²) in [5.74, 6) is -1.06. The molecule has 1 saturated heterocycles. The maximum Gasteiger partial charge on any atom is 0.229 e. The minimum Gasteiger partial charge on any atom is -0.511 e. The van der Waals surface area contributed by atoms with E-state index in [2.05, 4.69) is 22.8 Å². The van der Waals surface area contributed by atoms with Gasteiger partial charge in [-0.1, -0.05) is 89.4 Å². The molecule has 9 atom stereocenters. The van der Waals surface area contributed by atoms with Crippen LogP contribution in [0.3, 0.4) is 0 Å². The van der Waals surface area contributed by atoms with Gasteiger partial charge in [-0.25, -0.2) is 0 Å². The van der Waals surface area contributed by atoms with Gasteiger partial charge in [-0.2, -0.15) is 0 Å². The van der Waals surface area contributed by atoms with Crippen LogP contribution < -0.4 is 15.4 Å². The van der Waals surface area contributed by atoms with E-state index in [-0.39, 0.29) is 58.0 Å². The molecule has 3 aliphatic heterocycles. The summed E-state index contributed by atoms with van der Waals surface area (Å²) in [6, 6.07) is 12.1. The molecule has 8 aliphatic rings. The molecular formula is C49H58N2O10S2. The monoisotopic (exact) mass is 898 g/mol. The smallest absolute Gasteiger partial charge is 0.229 e. The van der Waals surface area contributed by atoms with Gasteiger partial charge >= 0.3 is 0 Å². The van der Waals surface area contributed by atoms with Gasteiger partial charge in [0.25, 0.3) is 0 Å². The molecular weight excluding hydrogens is 841 g/mol. The van der Waals surface area contributed by atoms with E-state index in [4.69, 9.17) is 9.47 Å². The standard InChI is InChI=1S/C49H58N2O10S2/c52-23-30-7-3-6-29(18-30)19-31-20-34-40(55)33-8-4-9-35-39(33)42(57)48(34,37(54)21-31)27-62-63-28-51-38-22-32(10-17-50-38)45(15-16-47(25-45)14-5-13-46(47)11-1-2-12-46)26-49(59)41(56)36(24-53)61-44(60-35)43(49)58/h3-4,6-10,18,20-22,34,36,41,43-44,50-54,56,58-59H,1-2,5,11-17,19,23-28H2/t34-,36-,41-,43+,44-,45-,47+,48+,49+/m1/s1. The summed E-state index contributed by atoms with van der Waals surface area (Å²) in [5.41, 5.74) is -0.976. The van der Waals surface area contributed by atoms with Gasteiger partial charge in [-0.3, -0.25) is 9.59 Å². The summed E-state index contributed by atoms with van der Waals surface area (Å²) in [5, 5.41) is 76.9. The second-order valence-corrected chi connectivity index (χ2v) is 22.0. The number of nitrogens with one attached hydrogen (secondary N) is 2. The molecule has 0 unspecified atom stereocenters. The van der Waals surface area contributed by atoms with Crippen molar-refractivity contribution in [2.45, 2.75) is 114 Å². The molecule has 4 fully saturated rings. The maximum atomic E-state index is 15.3. The number of fused-ring (bicyclic) bond motifs is 5. The summed E-state index contributed by atoms with van der Waals surface area (Å²) in [4.78, 5) is 30.1. The Hall–Kier alpha value is -3.60. The Morgan fingerprint density at radius 2 is 1.62 bits per heavy atom. The highest BCUT2D eigenvalue weighted by molar-refractivity contribution is 8.76. The fourth-order valence-corrected chi connectivity index (χ4v) is 15.6. The predicted molar refractivity (Wildman–Crippen MR) is 240 cm³/mol. The van der Waals surface area contributed by atoms with E-state index >= 15 is 4.79 Å². The molecule has 5 aliphatic carbocycles. The number of carbonyl (C=O) groups excluding carboxylic acids is 2. The third-order valence-electron chi connectivity index (χ3n) is 16.4. The summed E-state index contributed by atoms with van der Waals surface area (Å²) >= 11 is 0. The lowest BCUT2D eigenvalue weighted by molar-refractivity contribution is -0.319. The Bertz CT molecular complexity index is 2300. The Labute approximate surface area is 375 Å². The number of hydrogen-bond acceptors (Lipinski definition) is 14. The average Bonchev–Trinajstić information content (AvgIpc) is 4.02. The molecule has 2 aromatic carbocycles. The molecule has 10 rings (SSSR count). The van der Waals surface area contributed by atoms with Crippen LogP contribution in [0.5, 0.6) is 5.75 Å². The number of Topliss-reactive ketones (excluding diaryl/α,β-unsaturated/α-hetero) is 2.